The molecule has 0 spiro atoms. The number of hydrogen-bond donors (Lipinski definition) is 1. The molecule has 0 saturated carbocycles. The summed E-state index contributed by atoms with van der Waals surface area (Å²) in [7, 11) is 0. The van der Waals surface area contributed by atoms with E-state index in [9.17, 15) is 18.0 Å². The molecule has 0 bridgehead atoms. The fourth-order valence-electron chi connectivity index (χ4n) is 2.07. The normalized spacial score (nSPS) is 12.8. The maximum absolute atomic E-state index is 12.6. The summed E-state index contributed by atoms with van der Waals surface area (Å²) in [6.07, 6.45) is -0.418. The molecule has 1 aromatic heterocycles. The average Bonchev–Trinajstić information content (AvgIpc) is 2.54. The number of nitrogens with zero attached hydrogens (tertiary/aromatic N) is 2. The molecule has 0 fully saturated rings. The van der Waals surface area contributed by atoms with Gasteiger partial charge in [-0.3, -0.25) is 14.8 Å². The summed E-state index contributed by atoms with van der Waals surface area (Å²) in [6.45, 7) is -0.0543. The third-order valence-electron chi connectivity index (χ3n) is 3.26. The zero-order valence-electron chi connectivity index (χ0n) is 12.5. The van der Waals surface area contributed by atoms with Gasteiger partial charge in [0.05, 0.1) is 30.4 Å². The largest absolute Gasteiger partial charge is 0.481 e. The topological polar surface area (TPSA) is 72.3 Å². The number of ether oxygens (including phenoxy) is 1. The maximum Gasteiger partial charge on any atom is 0.416 e. The molecule has 24 heavy (non-hydrogen) atoms. The Hall–Kier alpha value is -2.48. The molecule has 0 amide bonds. The van der Waals surface area contributed by atoms with Gasteiger partial charge < -0.3 is 9.84 Å². The molecule has 2 rings (SSSR count). The molecule has 8 heteroatoms. The second-order valence-corrected chi connectivity index (χ2v) is 5.02. The first-order valence-electron chi connectivity index (χ1n) is 7.11. The first kappa shape index (κ1) is 17.9. The number of hydrogen-bond acceptors (Lipinski definition) is 4. The van der Waals surface area contributed by atoms with E-state index in [2.05, 4.69) is 9.97 Å². The summed E-state index contributed by atoms with van der Waals surface area (Å²) >= 11 is 0. The predicted molar refractivity (Wildman–Crippen MR) is 78.1 cm³/mol. The maximum atomic E-state index is 12.6. The summed E-state index contributed by atoms with van der Waals surface area (Å²) in [4.78, 5) is 18.6. The van der Waals surface area contributed by atoms with E-state index >= 15 is 0 Å². The summed E-state index contributed by atoms with van der Waals surface area (Å²) in [6, 6.07) is 4.59. The number of halogens is 3. The van der Waals surface area contributed by atoms with Crippen LogP contribution in [-0.4, -0.2) is 27.7 Å². The Labute approximate surface area is 136 Å². The van der Waals surface area contributed by atoms with Crippen LogP contribution in [0.1, 0.15) is 29.3 Å². The van der Waals surface area contributed by atoms with E-state index in [4.69, 9.17) is 9.84 Å². The number of carboxylic acid groups (broad SMARTS) is 1. The Morgan fingerprint density at radius 1 is 1.21 bits per heavy atom. The van der Waals surface area contributed by atoms with E-state index in [0.29, 0.717) is 11.3 Å². The van der Waals surface area contributed by atoms with Crippen LogP contribution in [0, 0.1) is 0 Å². The molecule has 1 aromatic carbocycles. The van der Waals surface area contributed by atoms with E-state index in [1.54, 1.807) is 0 Å². The van der Waals surface area contributed by atoms with Gasteiger partial charge in [0.1, 0.15) is 0 Å². The lowest BCUT2D eigenvalue weighted by molar-refractivity contribution is -0.139. The van der Waals surface area contributed by atoms with Gasteiger partial charge in [0, 0.05) is 25.0 Å². The molecule has 0 aliphatic carbocycles. The van der Waals surface area contributed by atoms with Crippen LogP contribution in [-0.2, 0) is 22.1 Å². The second kappa shape index (κ2) is 7.87. The van der Waals surface area contributed by atoms with E-state index < -0.39 is 23.8 Å². The Bertz CT molecular complexity index is 661. The summed E-state index contributed by atoms with van der Waals surface area (Å²) in [5.41, 5.74) is 0.354. The van der Waals surface area contributed by atoms with E-state index in [-0.39, 0.29) is 19.4 Å². The SMILES string of the molecule is O=C(O)CCO[C@@H](Cc1cnccn1)c1ccc(C(F)(F)F)cc1. The second-order valence-electron chi connectivity index (χ2n) is 5.02. The molecule has 2 aromatic rings. The Kier molecular flexibility index (Phi) is 5.86. The minimum absolute atomic E-state index is 0.0543. The summed E-state index contributed by atoms with van der Waals surface area (Å²) < 4.78 is 43.5. The van der Waals surface area contributed by atoms with Gasteiger partial charge in [-0.2, -0.15) is 13.2 Å². The summed E-state index contributed by atoms with van der Waals surface area (Å²) in [5, 5.41) is 8.69. The van der Waals surface area contributed by atoms with Gasteiger partial charge >= 0.3 is 12.1 Å². The quantitative estimate of drug-likeness (QED) is 0.837. The number of carbonyl (C=O) groups is 1. The van der Waals surface area contributed by atoms with Gasteiger partial charge in [0.25, 0.3) is 0 Å². The first-order chi connectivity index (χ1) is 11.4. The lowest BCUT2D eigenvalue weighted by Crippen LogP contribution is -2.13. The first-order valence-corrected chi connectivity index (χ1v) is 7.11. The Morgan fingerprint density at radius 2 is 1.92 bits per heavy atom. The molecule has 5 nitrogen and oxygen atoms in total. The molecule has 0 radical (unpaired) electrons. The highest BCUT2D eigenvalue weighted by Crippen LogP contribution is 2.31. The fraction of sp³-hybridized carbons (Fsp3) is 0.312. The third-order valence-corrected chi connectivity index (χ3v) is 3.26. The zero-order chi connectivity index (χ0) is 17.6. The van der Waals surface area contributed by atoms with Crippen LogP contribution in [0.15, 0.2) is 42.9 Å². The van der Waals surface area contributed by atoms with Crippen LogP contribution in [0.4, 0.5) is 13.2 Å². The lowest BCUT2D eigenvalue weighted by Gasteiger charge is -2.18. The van der Waals surface area contributed by atoms with Crippen molar-refractivity contribution in [3.63, 3.8) is 0 Å². The molecular weight excluding hydrogens is 325 g/mol. The van der Waals surface area contributed by atoms with Crippen LogP contribution in [0.5, 0.6) is 0 Å². The van der Waals surface area contributed by atoms with Crippen LogP contribution in [0.3, 0.4) is 0 Å². The highest BCUT2D eigenvalue weighted by atomic mass is 19.4. The van der Waals surface area contributed by atoms with Gasteiger partial charge in [-0.25, -0.2) is 0 Å². The monoisotopic (exact) mass is 340 g/mol. The van der Waals surface area contributed by atoms with Crippen molar-refractivity contribution in [3.8, 4) is 0 Å². The number of benzene rings is 1. The van der Waals surface area contributed by atoms with E-state index in [1.807, 2.05) is 0 Å². The van der Waals surface area contributed by atoms with Crippen molar-refractivity contribution in [2.24, 2.45) is 0 Å². The Balaban J connectivity index is 2.16. The third kappa shape index (κ3) is 5.31. The van der Waals surface area contributed by atoms with Crippen molar-refractivity contribution < 1.29 is 27.8 Å². The average molecular weight is 340 g/mol. The van der Waals surface area contributed by atoms with E-state index in [0.717, 1.165) is 12.1 Å². The van der Waals surface area contributed by atoms with Crippen LogP contribution in [0.2, 0.25) is 0 Å². The number of aromatic nitrogens is 2. The summed E-state index contributed by atoms with van der Waals surface area (Å²) in [5.74, 6) is -1.01. The van der Waals surface area contributed by atoms with Crippen molar-refractivity contribution in [2.75, 3.05) is 6.61 Å². The van der Waals surface area contributed by atoms with Gasteiger partial charge in [0.15, 0.2) is 0 Å². The fourth-order valence-corrected chi connectivity index (χ4v) is 2.07. The minimum atomic E-state index is -4.41. The molecule has 128 valence electrons. The zero-order valence-corrected chi connectivity index (χ0v) is 12.5. The molecule has 0 aliphatic heterocycles. The molecule has 1 heterocycles. The van der Waals surface area contributed by atoms with Crippen molar-refractivity contribution in [1.82, 2.24) is 9.97 Å². The van der Waals surface area contributed by atoms with Crippen molar-refractivity contribution >= 4 is 5.97 Å². The number of alkyl halides is 3. The van der Waals surface area contributed by atoms with Crippen molar-refractivity contribution in [1.29, 1.82) is 0 Å². The number of rotatable bonds is 7. The van der Waals surface area contributed by atoms with Crippen LogP contribution in [0.25, 0.3) is 0 Å². The number of carboxylic acids is 1. The van der Waals surface area contributed by atoms with Gasteiger partial charge in [-0.05, 0) is 17.7 Å². The predicted octanol–water partition coefficient (Wildman–Crippen LogP) is 3.27. The highest BCUT2D eigenvalue weighted by Gasteiger charge is 2.30. The Morgan fingerprint density at radius 3 is 2.46 bits per heavy atom. The molecule has 1 atom stereocenters. The van der Waals surface area contributed by atoms with E-state index in [1.165, 1.54) is 30.7 Å². The lowest BCUT2D eigenvalue weighted by atomic mass is 10.0. The molecule has 0 saturated heterocycles. The molecule has 1 N–H and O–H groups in total. The van der Waals surface area contributed by atoms with Crippen LogP contribution >= 0.6 is 0 Å². The van der Waals surface area contributed by atoms with Crippen molar-refractivity contribution in [2.45, 2.75) is 25.1 Å². The van der Waals surface area contributed by atoms with Gasteiger partial charge in [0.2, 0.25) is 0 Å². The number of aliphatic carboxylic acids is 1. The van der Waals surface area contributed by atoms with Gasteiger partial charge in [-0.15, -0.1) is 0 Å². The smallest absolute Gasteiger partial charge is 0.416 e. The minimum Gasteiger partial charge on any atom is -0.481 e. The van der Waals surface area contributed by atoms with Crippen molar-refractivity contribution in [3.05, 3.63) is 59.7 Å². The molecular formula is C16H15F3N2O3. The van der Waals surface area contributed by atoms with Gasteiger partial charge in [-0.1, -0.05) is 12.1 Å². The molecule has 0 unspecified atom stereocenters. The standard InChI is InChI=1S/C16H15F3N2O3/c17-16(18,19)12-3-1-11(2-4-12)14(24-8-5-15(22)23)9-13-10-20-6-7-21-13/h1-4,6-7,10,14H,5,8-9H2,(H,22,23)/t14-/m0/s1. The highest BCUT2D eigenvalue weighted by molar-refractivity contribution is 5.66. The molecule has 0 aliphatic rings. The van der Waals surface area contributed by atoms with Crippen LogP contribution < -0.4 is 0 Å².